The van der Waals surface area contributed by atoms with Crippen LogP contribution in [0.25, 0.3) is 0 Å². The van der Waals surface area contributed by atoms with Gasteiger partial charge < -0.3 is 15.4 Å². The topological polar surface area (TPSA) is 50.4 Å². The van der Waals surface area contributed by atoms with Crippen LogP contribution in [0.5, 0.6) is 0 Å². The molecule has 5 heteroatoms. The van der Waals surface area contributed by atoms with Gasteiger partial charge in [0.25, 0.3) is 0 Å². The van der Waals surface area contributed by atoms with Crippen molar-refractivity contribution in [2.45, 2.75) is 12.8 Å². The largest absolute Gasteiger partial charge is 0.381 e. The maximum atomic E-state index is 11.7. The first-order valence-electron chi connectivity index (χ1n) is 6.12. The van der Waals surface area contributed by atoms with Gasteiger partial charge in [-0.2, -0.15) is 0 Å². The molecular formula is C13H17IN2O2. The van der Waals surface area contributed by atoms with Crippen molar-refractivity contribution in [1.29, 1.82) is 0 Å². The molecule has 1 aromatic carbocycles. The number of carbonyl (C=O) groups is 1. The van der Waals surface area contributed by atoms with Gasteiger partial charge >= 0.3 is 6.03 Å². The summed E-state index contributed by atoms with van der Waals surface area (Å²) in [6, 6.07) is 7.59. The molecule has 1 heterocycles. The smallest absolute Gasteiger partial charge is 0.319 e. The highest BCUT2D eigenvalue weighted by Gasteiger charge is 2.14. The summed E-state index contributed by atoms with van der Waals surface area (Å²) >= 11 is 2.24. The van der Waals surface area contributed by atoms with Crippen LogP contribution in [0, 0.1) is 9.49 Å². The van der Waals surface area contributed by atoms with Crippen LogP contribution in [0.1, 0.15) is 12.8 Å². The quantitative estimate of drug-likeness (QED) is 0.815. The third-order valence-electron chi connectivity index (χ3n) is 2.99. The van der Waals surface area contributed by atoms with Crippen molar-refractivity contribution < 1.29 is 9.53 Å². The van der Waals surface area contributed by atoms with Crippen LogP contribution in [0.4, 0.5) is 10.5 Å². The first kappa shape index (κ1) is 13.6. The van der Waals surface area contributed by atoms with Crippen LogP contribution in [0.15, 0.2) is 24.3 Å². The van der Waals surface area contributed by atoms with Crippen molar-refractivity contribution in [2.24, 2.45) is 5.92 Å². The number of carbonyl (C=O) groups excluding carboxylic acids is 1. The number of anilines is 1. The fourth-order valence-electron chi connectivity index (χ4n) is 1.90. The molecule has 98 valence electrons. The minimum Gasteiger partial charge on any atom is -0.381 e. The molecule has 0 saturated carbocycles. The summed E-state index contributed by atoms with van der Waals surface area (Å²) in [7, 11) is 0. The minimum atomic E-state index is -0.136. The molecule has 1 aromatic rings. The normalized spacial score (nSPS) is 16.3. The molecule has 2 N–H and O–H groups in total. The third-order valence-corrected chi connectivity index (χ3v) is 3.71. The second-order valence-electron chi connectivity index (χ2n) is 4.40. The van der Waals surface area contributed by atoms with Crippen LogP contribution >= 0.6 is 22.6 Å². The molecule has 0 radical (unpaired) electrons. The fourth-order valence-corrected chi connectivity index (χ4v) is 2.26. The number of urea groups is 1. The Bertz CT molecular complexity index is 388. The molecule has 0 atom stereocenters. The van der Waals surface area contributed by atoms with E-state index in [1.165, 1.54) is 0 Å². The van der Waals surface area contributed by atoms with E-state index in [-0.39, 0.29) is 6.03 Å². The molecule has 1 aliphatic rings. The van der Waals surface area contributed by atoms with Crippen molar-refractivity contribution in [3.63, 3.8) is 0 Å². The van der Waals surface area contributed by atoms with Gasteiger partial charge in [-0.1, -0.05) is 0 Å². The molecule has 0 bridgehead atoms. The van der Waals surface area contributed by atoms with Crippen LogP contribution in [-0.4, -0.2) is 25.8 Å². The summed E-state index contributed by atoms with van der Waals surface area (Å²) < 4.78 is 6.44. The second-order valence-corrected chi connectivity index (χ2v) is 5.64. The first-order valence-corrected chi connectivity index (χ1v) is 7.20. The van der Waals surface area contributed by atoms with Crippen LogP contribution in [0.3, 0.4) is 0 Å². The Kier molecular flexibility index (Phi) is 5.25. The number of hydrogen-bond acceptors (Lipinski definition) is 2. The number of ether oxygens (including phenoxy) is 1. The van der Waals surface area contributed by atoms with Gasteiger partial charge in [0.05, 0.1) is 0 Å². The Morgan fingerprint density at radius 1 is 1.28 bits per heavy atom. The monoisotopic (exact) mass is 360 g/mol. The van der Waals surface area contributed by atoms with Crippen molar-refractivity contribution in [3.05, 3.63) is 27.8 Å². The van der Waals surface area contributed by atoms with Crippen LogP contribution in [-0.2, 0) is 4.74 Å². The lowest BCUT2D eigenvalue weighted by Crippen LogP contribution is -2.35. The molecule has 18 heavy (non-hydrogen) atoms. The van der Waals surface area contributed by atoms with E-state index in [1.54, 1.807) is 0 Å². The zero-order valence-electron chi connectivity index (χ0n) is 10.1. The van der Waals surface area contributed by atoms with Crippen molar-refractivity contribution in [2.75, 3.05) is 25.1 Å². The molecule has 0 unspecified atom stereocenters. The summed E-state index contributed by atoms with van der Waals surface area (Å²) in [4.78, 5) is 11.7. The molecule has 0 aromatic heterocycles. The number of halogens is 1. The highest BCUT2D eigenvalue weighted by atomic mass is 127. The van der Waals surface area contributed by atoms with E-state index in [9.17, 15) is 4.79 Å². The van der Waals surface area contributed by atoms with Gasteiger partial charge in [-0.15, -0.1) is 0 Å². The molecule has 0 spiro atoms. The van der Waals surface area contributed by atoms with E-state index in [0.29, 0.717) is 5.92 Å². The maximum Gasteiger partial charge on any atom is 0.319 e. The zero-order valence-corrected chi connectivity index (χ0v) is 12.3. The van der Waals surface area contributed by atoms with E-state index < -0.39 is 0 Å². The molecule has 0 aliphatic carbocycles. The number of hydrogen-bond donors (Lipinski definition) is 2. The Hall–Kier alpha value is -0.820. The lowest BCUT2D eigenvalue weighted by Gasteiger charge is -2.22. The fraction of sp³-hybridized carbons (Fsp3) is 0.462. The van der Waals surface area contributed by atoms with E-state index in [2.05, 4.69) is 33.2 Å². The zero-order chi connectivity index (χ0) is 12.8. The lowest BCUT2D eigenvalue weighted by atomic mass is 10.0. The average molecular weight is 360 g/mol. The van der Waals surface area contributed by atoms with Gasteiger partial charge in [0.2, 0.25) is 0 Å². The van der Waals surface area contributed by atoms with Crippen LogP contribution in [0.2, 0.25) is 0 Å². The van der Waals surface area contributed by atoms with Gasteiger partial charge in [0.1, 0.15) is 0 Å². The first-order chi connectivity index (χ1) is 8.74. The lowest BCUT2D eigenvalue weighted by molar-refractivity contribution is 0.0671. The Balaban J connectivity index is 1.73. The Morgan fingerprint density at radius 3 is 2.61 bits per heavy atom. The average Bonchev–Trinajstić information content (AvgIpc) is 2.40. The summed E-state index contributed by atoms with van der Waals surface area (Å²) in [5.74, 6) is 0.543. The van der Waals surface area contributed by atoms with Crippen molar-refractivity contribution in [3.8, 4) is 0 Å². The minimum absolute atomic E-state index is 0.136. The van der Waals surface area contributed by atoms with Gasteiger partial charge in [-0.25, -0.2) is 4.79 Å². The van der Waals surface area contributed by atoms with Gasteiger partial charge in [-0.05, 0) is 65.6 Å². The molecule has 1 saturated heterocycles. The molecule has 1 aliphatic heterocycles. The molecular weight excluding hydrogens is 343 g/mol. The molecule has 2 rings (SSSR count). The van der Waals surface area contributed by atoms with Gasteiger partial charge in [0, 0.05) is 29.0 Å². The Morgan fingerprint density at radius 2 is 1.94 bits per heavy atom. The molecule has 1 fully saturated rings. The third kappa shape index (κ3) is 4.45. The summed E-state index contributed by atoms with van der Waals surface area (Å²) in [5, 5.41) is 5.73. The highest BCUT2D eigenvalue weighted by molar-refractivity contribution is 14.1. The summed E-state index contributed by atoms with van der Waals surface area (Å²) in [5.41, 5.74) is 0.819. The number of amides is 2. The van der Waals surface area contributed by atoms with Gasteiger partial charge in [-0.3, -0.25) is 0 Å². The van der Waals surface area contributed by atoms with Crippen molar-refractivity contribution >= 4 is 34.3 Å². The molecule has 4 nitrogen and oxygen atoms in total. The second kappa shape index (κ2) is 6.94. The predicted octanol–water partition coefficient (Wildman–Crippen LogP) is 2.84. The SMILES string of the molecule is O=C(NCC1CCOCC1)Nc1ccc(I)cc1. The number of benzene rings is 1. The summed E-state index contributed by atoms with van der Waals surface area (Å²) in [6.07, 6.45) is 2.06. The number of rotatable bonds is 3. The van der Waals surface area contributed by atoms with Crippen LogP contribution < -0.4 is 10.6 Å². The standard InChI is InChI=1S/C13H17IN2O2/c14-11-1-3-12(4-2-11)16-13(17)15-9-10-5-7-18-8-6-10/h1-4,10H,5-9H2,(H2,15,16,17). The van der Waals surface area contributed by atoms with Crippen molar-refractivity contribution in [1.82, 2.24) is 5.32 Å². The van der Waals surface area contributed by atoms with E-state index >= 15 is 0 Å². The van der Waals surface area contributed by atoms with E-state index in [0.717, 1.165) is 41.9 Å². The highest BCUT2D eigenvalue weighted by Crippen LogP contribution is 2.14. The predicted molar refractivity (Wildman–Crippen MR) is 79.7 cm³/mol. The maximum absolute atomic E-state index is 11.7. The Labute approximate surface area is 121 Å². The number of nitrogens with one attached hydrogen (secondary N) is 2. The molecule has 2 amide bonds. The van der Waals surface area contributed by atoms with E-state index in [4.69, 9.17) is 4.74 Å². The van der Waals surface area contributed by atoms with Gasteiger partial charge in [0.15, 0.2) is 0 Å². The summed E-state index contributed by atoms with van der Waals surface area (Å²) in [6.45, 7) is 2.34. The van der Waals surface area contributed by atoms with E-state index in [1.807, 2.05) is 24.3 Å².